The van der Waals surface area contributed by atoms with E-state index in [-0.39, 0.29) is 28.6 Å². The number of aromatic hydroxyl groups is 1. The van der Waals surface area contributed by atoms with Crippen molar-refractivity contribution in [2.75, 3.05) is 26.2 Å². The minimum Gasteiger partial charge on any atom is -0.506 e. The predicted molar refractivity (Wildman–Crippen MR) is 258 cm³/mol. The number of aliphatic hydroxyl groups is 1. The summed E-state index contributed by atoms with van der Waals surface area (Å²) >= 11 is 2.79. The Morgan fingerprint density at radius 1 is 1.00 bits per heavy atom. The van der Waals surface area contributed by atoms with Crippen molar-refractivity contribution < 1.29 is 24.2 Å². The molecule has 5 heterocycles. The van der Waals surface area contributed by atoms with Crippen LogP contribution in [0.3, 0.4) is 0 Å². The van der Waals surface area contributed by atoms with Gasteiger partial charge in [-0.25, -0.2) is 9.48 Å². The van der Waals surface area contributed by atoms with Crippen molar-refractivity contribution in [1.29, 1.82) is 0 Å². The van der Waals surface area contributed by atoms with Crippen molar-refractivity contribution in [3.8, 4) is 5.75 Å². The first-order chi connectivity index (χ1) is 30.7. The molecular weight excluding hydrogens is 861 g/mol. The molecular formula is C49H58N6O6S2Si. The van der Waals surface area contributed by atoms with Crippen LogP contribution in [-0.4, -0.2) is 81.7 Å². The molecule has 1 unspecified atom stereocenters. The molecule has 4 N–H and O–H groups in total. The molecule has 1 saturated heterocycles. The maximum Gasteiger partial charge on any atom is 0.349 e. The summed E-state index contributed by atoms with van der Waals surface area (Å²) in [6.45, 7) is 15.7. The van der Waals surface area contributed by atoms with Gasteiger partial charge in [-0.3, -0.25) is 4.79 Å². The number of aromatic nitrogens is 4. The molecule has 1 aliphatic carbocycles. The number of hydrogen-bond acceptors (Lipinski definition) is 12. The number of likely N-dealkylation sites (tertiary alicyclic amines) is 1. The highest BCUT2D eigenvalue weighted by Crippen LogP contribution is 2.43. The number of pyridine rings is 1. The van der Waals surface area contributed by atoms with E-state index in [1.54, 1.807) is 18.2 Å². The first-order valence-corrected chi connectivity index (χ1v) is 27.1. The average Bonchev–Trinajstić information content (AvgIpc) is 4.11. The number of nitrogens with one attached hydrogen (secondary N) is 2. The van der Waals surface area contributed by atoms with Crippen molar-refractivity contribution in [2.45, 2.75) is 108 Å². The van der Waals surface area contributed by atoms with Crippen LogP contribution in [0.4, 0.5) is 0 Å². The number of rotatable bonds is 15. The fourth-order valence-corrected chi connectivity index (χ4v) is 12.5. The number of hydrogen-bond donors (Lipinski definition) is 4. The molecule has 9 rings (SSSR count). The van der Waals surface area contributed by atoms with Crippen molar-refractivity contribution >= 4 is 69.0 Å². The van der Waals surface area contributed by atoms with Crippen LogP contribution in [0.15, 0.2) is 83.0 Å². The van der Waals surface area contributed by atoms with E-state index in [1.165, 1.54) is 45.4 Å². The molecule has 336 valence electrons. The number of carbonyl (C=O) groups excluding carboxylic acids is 1. The molecule has 0 amide bonds. The number of aryl methyl sites for hydroxylation is 2. The van der Waals surface area contributed by atoms with Gasteiger partial charge in [-0.2, -0.15) is 0 Å². The van der Waals surface area contributed by atoms with E-state index < -0.39 is 19.9 Å². The van der Waals surface area contributed by atoms with Crippen LogP contribution in [0.25, 0.3) is 32.0 Å². The summed E-state index contributed by atoms with van der Waals surface area (Å²) in [5, 5.41) is 39.4. The van der Waals surface area contributed by atoms with Crippen molar-refractivity contribution in [1.82, 2.24) is 30.2 Å². The van der Waals surface area contributed by atoms with E-state index in [0.29, 0.717) is 41.2 Å². The molecule has 3 aromatic carbocycles. The van der Waals surface area contributed by atoms with E-state index in [2.05, 4.69) is 70.1 Å². The molecule has 2 atom stereocenters. The Morgan fingerprint density at radius 2 is 1.80 bits per heavy atom. The normalized spacial score (nSPS) is 16.7. The number of aromatic amines is 1. The average molecular weight is 919 g/mol. The summed E-state index contributed by atoms with van der Waals surface area (Å²) in [7, 11) is -2.23. The summed E-state index contributed by atoms with van der Waals surface area (Å²) in [6, 6.07) is 22.5. The van der Waals surface area contributed by atoms with Gasteiger partial charge in [-0.1, -0.05) is 56.3 Å². The first kappa shape index (κ1) is 44.5. The highest BCUT2D eigenvalue weighted by molar-refractivity contribution is 7.19. The second-order valence-electron chi connectivity index (χ2n) is 18.9. The Morgan fingerprint density at radius 3 is 2.56 bits per heavy atom. The Hall–Kier alpha value is -4.74. The fraction of sp³-hybridized carbons (Fsp3) is 0.429. The van der Waals surface area contributed by atoms with Gasteiger partial charge in [0.05, 0.1) is 26.9 Å². The molecule has 0 spiro atoms. The van der Waals surface area contributed by atoms with Crippen LogP contribution < -0.4 is 10.9 Å². The van der Waals surface area contributed by atoms with Gasteiger partial charge < -0.3 is 34.6 Å². The zero-order valence-corrected chi connectivity index (χ0v) is 39.9. The number of nitrogens with zero attached hydrogens (tertiary/aromatic N) is 4. The predicted octanol–water partition coefficient (Wildman–Crippen LogP) is 8.93. The number of piperidine rings is 1. The quantitative estimate of drug-likeness (QED) is 0.0579. The van der Waals surface area contributed by atoms with Gasteiger partial charge in [0, 0.05) is 48.9 Å². The summed E-state index contributed by atoms with van der Waals surface area (Å²) in [5.41, 5.74) is 5.28. The highest BCUT2D eigenvalue weighted by atomic mass is 32.1. The van der Waals surface area contributed by atoms with Gasteiger partial charge in [0.15, 0.2) is 8.32 Å². The molecule has 4 aromatic heterocycles. The number of ether oxygens (including phenoxy) is 1. The molecule has 12 nitrogen and oxygen atoms in total. The summed E-state index contributed by atoms with van der Waals surface area (Å²) < 4.78 is 16.3. The number of phenolic OH excluding ortho intramolecular Hbond substituents is 1. The number of esters is 1. The zero-order valence-electron chi connectivity index (χ0n) is 37.3. The Kier molecular flexibility index (Phi) is 12.4. The lowest BCUT2D eigenvalue weighted by Gasteiger charge is -2.39. The third kappa shape index (κ3) is 8.71. The van der Waals surface area contributed by atoms with Gasteiger partial charge in [-0.05, 0) is 133 Å². The number of phenols is 1. The lowest BCUT2D eigenvalue weighted by Crippen LogP contribution is -2.43. The molecule has 1 fully saturated rings. The summed E-state index contributed by atoms with van der Waals surface area (Å²) in [5.74, 6) is -0.566. The standard InChI is InChI=1S/C49H58N6O6S2Si/c1-48(2,3)64(4,5)61-40(35-16-18-39(56)45-36(35)17-19-44(57)51-45)30-50-29-32-27-38-46(37-13-8-12-34(32)37)55(53-52-38)23-10-22-54-24-20-33(21-25-54)60-47(58)49(59,42-15-9-26-62-42)43-28-31-11-6-7-14-41(31)63-43/h6-7,9,11,14-19,26-28,33,40,50,56,59H,8,10,12-13,20-25,29-30H2,1-5H3,(H,51,57)/t40?,49-/m0/s1. The zero-order chi connectivity index (χ0) is 44.8. The summed E-state index contributed by atoms with van der Waals surface area (Å²) in [4.78, 5) is 32.5. The number of thiophene rings is 2. The minimum absolute atomic E-state index is 0.0156. The number of fused-ring (bicyclic) bond motifs is 5. The largest absolute Gasteiger partial charge is 0.506 e. The van der Waals surface area contributed by atoms with Crippen LogP contribution in [0.2, 0.25) is 18.1 Å². The van der Waals surface area contributed by atoms with E-state index in [4.69, 9.17) is 9.16 Å². The maximum atomic E-state index is 13.9. The van der Waals surface area contributed by atoms with Crippen molar-refractivity contribution in [3.05, 3.63) is 121 Å². The van der Waals surface area contributed by atoms with Crippen molar-refractivity contribution in [2.24, 2.45) is 0 Å². The minimum atomic E-state index is -2.23. The highest BCUT2D eigenvalue weighted by Gasteiger charge is 2.45. The monoisotopic (exact) mass is 918 g/mol. The lowest BCUT2D eigenvalue weighted by atomic mass is 9.98. The van der Waals surface area contributed by atoms with Gasteiger partial charge >= 0.3 is 5.97 Å². The third-order valence-electron chi connectivity index (χ3n) is 13.7. The molecule has 0 radical (unpaired) electrons. The van der Waals surface area contributed by atoms with Gasteiger partial charge in [0.2, 0.25) is 11.2 Å². The molecule has 1 aliphatic heterocycles. The topological polar surface area (TPSA) is 155 Å². The lowest BCUT2D eigenvalue weighted by molar-refractivity contribution is -0.169. The van der Waals surface area contributed by atoms with Gasteiger partial charge in [0.25, 0.3) is 0 Å². The molecule has 0 saturated carbocycles. The van der Waals surface area contributed by atoms with Crippen LogP contribution >= 0.6 is 22.7 Å². The Balaban J connectivity index is 0.827. The van der Waals surface area contributed by atoms with Gasteiger partial charge in [-0.15, -0.1) is 27.8 Å². The third-order valence-corrected chi connectivity index (χ3v) is 20.4. The second-order valence-corrected chi connectivity index (χ2v) is 25.7. The van der Waals surface area contributed by atoms with Crippen LogP contribution in [-0.2, 0) is 45.5 Å². The smallest absolute Gasteiger partial charge is 0.349 e. The number of benzene rings is 3. The SMILES string of the molecule is CC(C)(C)[Si](C)(C)OC(CNCc1cc2nnn(CCCN3CCC(OC(=O)[C@](O)(c4cccs4)c4cc5ccccc5s4)CC3)c2c2c1CCC2)c1ccc(O)c2[nH]c(=O)ccc12. The van der Waals surface area contributed by atoms with Crippen LogP contribution in [0.1, 0.15) is 84.6 Å². The summed E-state index contributed by atoms with van der Waals surface area (Å²) in [6.07, 6.45) is 4.89. The van der Waals surface area contributed by atoms with Crippen LogP contribution in [0.5, 0.6) is 5.75 Å². The maximum absolute atomic E-state index is 13.9. The fourth-order valence-electron chi connectivity index (χ4n) is 9.18. The van der Waals surface area contributed by atoms with Gasteiger partial charge in [0.1, 0.15) is 17.4 Å². The number of H-pyrrole nitrogens is 1. The van der Waals surface area contributed by atoms with E-state index in [1.807, 2.05) is 47.8 Å². The van der Waals surface area contributed by atoms with Crippen molar-refractivity contribution in [3.63, 3.8) is 0 Å². The van der Waals surface area contributed by atoms with E-state index in [0.717, 1.165) is 83.9 Å². The molecule has 64 heavy (non-hydrogen) atoms. The number of carbonyl (C=O) groups is 1. The molecule has 7 aromatic rings. The Labute approximate surface area is 382 Å². The van der Waals surface area contributed by atoms with E-state index >= 15 is 0 Å². The molecule has 0 bridgehead atoms. The van der Waals surface area contributed by atoms with E-state index in [9.17, 15) is 19.8 Å². The van der Waals surface area contributed by atoms with Crippen LogP contribution in [0, 0.1) is 0 Å². The first-order valence-electron chi connectivity index (χ1n) is 22.5. The Bertz CT molecular complexity index is 2830. The molecule has 15 heteroatoms. The molecule has 2 aliphatic rings. The second kappa shape index (κ2) is 17.9.